The lowest BCUT2D eigenvalue weighted by atomic mass is 9.90. The van der Waals surface area contributed by atoms with E-state index in [0.29, 0.717) is 6.42 Å². The summed E-state index contributed by atoms with van der Waals surface area (Å²) in [5, 5.41) is 0. The first-order valence-electron chi connectivity index (χ1n) is 7.77. The van der Waals surface area contributed by atoms with Crippen molar-refractivity contribution in [2.75, 3.05) is 7.11 Å². The molecule has 0 amide bonds. The number of carbonyl (C=O) groups is 3. The van der Waals surface area contributed by atoms with Gasteiger partial charge in [-0.25, -0.2) is 0 Å². The first kappa shape index (κ1) is 17.7. The van der Waals surface area contributed by atoms with E-state index in [1.54, 1.807) is 0 Å². The summed E-state index contributed by atoms with van der Waals surface area (Å²) in [5.74, 6) is -0.257. The van der Waals surface area contributed by atoms with Gasteiger partial charge in [0.2, 0.25) is 0 Å². The average molecular weight is 298 g/mol. The Morgan fingerprint density at radius 2 is 1.86 bits per heavy atom. The highest BCUT2D eigenvalue weighted by Crippen LogP contribution is 2.36. The van der Waals surface area contributed by atoms with Crippen LogP contribution in [0.15, 0.2) is 0 Å². The molecule has 5 heteroatoms. The first-order chi connectivity index (χ1) is 10.1. The lowest BCUT2D eigenvalue weighted by molar-refractivity contribution is -0.149. The Bertz CT molecular complexity index is 353. The molecule has 0 saturated heterocycles. The van der Waals surface area contributed by atoms with Crippen molar-refractivity contribution in [2.45, 2.75) is 64.4 Å². The van der Waals surface area contributed by atoms with E-state index in [9.17, 15) is 14.4 Å². The molecule has 1 rings (SSSR count). The number of rotatable bonds is 9. The van der Waals surface area contributed by atoms with Crippen molar-refractivity contribution >= 4 is 18.2 Å². The SMILES string of the molecule is COC(=O)CCCCCC[C@@H]1[C@H](C=O)CC[C@@H]1OC(C)=O. The fourth-order valence-corrected chi connectivity index (χ4v) is 3.09. The lowest BCUT2D eigenvalue weighted by Crippen LogP contribution is -2.25. The monoisotopic (exact) mass is 298 g/mol. The Kier molecular flexibility index (Phi) is 8.01. The molecule has 0 aromatic rings. The van der Waals surface area contributed by atoms with Crippen LogP contribution >= 0.6 is 0 Å². The van der Waals surface area contributed by atoms with E-state index in [-0.39, 0.29) is 29.9 Å². The summed E-state index contributed by atoms with van der Waals surface area (Å²) in [4.78, 5) is 33.2. The standard InChI is InChI=1S/C16H26O5/c1-12(18)21-15-10-9-13(11-17)14(15)7-5-3-4-6-8-16(19)20-2/h11,13-15H,3-10H2,1-2H3/t13-,14+,15-/m0/s1. The van der Waals surface area contributed by atoms with Crippen LogP contribution in [0.2, 0.25) is 0 Å². The lowest BCUT2D eigenvalue weighted by Gasteiger charge is -2.21. The highest BCUT2D eigenvalue weighted by Gasteiger charge is 2.37. The van der Waals surface area contributed by atoms with Gasteiger partial charge in [-0.2, -0.15) is 0 Å². The van der Waals surface area contributed by atoms with Crippen molar-refractivity contribution < 1.29 is 23.9 Å². The van der Waals surface area contributed by atoms with Gasteiger partial charge >= 0.3 is 11.9 Å². The largest absolute Gasteiger partial charge is 0.469 e. The van der Waals surface area contributed by atoms with E-state index < -0.39 is 0 Å². The van der Waals surface area contributed by atoms with Gasteiger partial charge in [-0.05, 0) is 25.7 Å². The van der Waals surface area contributed by atoms with E-state index >= 15 is 0 Å². The van der Waals surface area contributed by atoms with Crippen LogP contribution in [0.1, 0.15) is 58.3 Å². The zero-order valence-electron chi connectivity index (χ0n) is 13.0. The van der Waals surface area contributed by atoms with Crippen LogP contribution in [0.25, 0.3) is 0 Å². The maximum Gasteiger partial charge on any atom is 0.305 e. The molecule has 120 valence electrons. The molecule has 0 aromatic heterocycles. The summed E-state index contributed by atoms with van der Waals surface area (Å²) >= 11 is 0. The van der Waals surface area contributed by atoms with Crippen molar-refractivity contribution in [1.29, 1.82) is 0 Å². The summed E-state index contributed by atoms with van der Waals surface area (Å²) in [6.07, 6.45) is 7.70. The fourth-order valence-electron chi connectivity index (χ4n) is 3.09. The van der Waals surface area contributed by atoms with Gasteiger partial charge in [0.25, 0.3) is 0 Å². The van der Waals surface area contributed by atoms with Crippen molar-refractivity contribution in [2.24, 2.45) is 11.8 Å². The second kappa shape index (κ2) is 9.53. The molecule has 1 aliphatic carbocycles. The van der Waals surface area contributed by atoms with E-state index in [1.165, 1.54) is 14.0 Å². The highest BCUT2D eigenvalue weighted by molar-refractivity contribution is 5.69. The van der Waals surface area contributed by atoms with Gasteiger partial charge in [0, 0.05) is 25.2 Å². The molecule has 0 heterocycles. The minimum atomic E-state index is -0.269. The molecule has 21 heavy (non-hydrogen) atoms. The number of aldehydes is 1. The predicted molar refractivity (Wildman–Crippen MR) is 77.6 cm³/mol. The summed E-state index contributed by atoms with van der Waals surface area (Å²) in [5.41, 5.74) is 0. The smallest absolute Gasteiger partial charge is 0.305 e. The van der Waals surface area contributed by atoms with Gasteiger partial charge in [0.05, 0.1) is 7.11 Å². The van der Waals surface area contributed by atoms with Crippen molar-refractivity contribution in [3.05, 3.63) is 0 Å². The number of ether oxygens (including phenoxy) is 2. The third-order valence-corrected chi connectivity index (χ3v) is 4.20. The van der Waals surface area contributed by atoms with Crippen molar-refractivity contribution in [3.8, 4) is 0 Å². The number of esters is 2. The molecule has 0 spiro atoms. The maximum atomic E-state index is 11.1. The van der Waals surface area contributed by atoms with Crippen LogP contribution in [0.3, 0.4) is 0 Å². The van der Waals surface area contributed by atoms with Gasteiger partial charge in [-0.15, -0.1) is 0 Å². The van der Waals surface area contributed by atoms with E-state index in [4.69, 9.17) is 4.74 Å². The molecule has 0 aliphatic heterocycles. The number of methoxy groups -OCH3 is 1. The third kappa shape index (κ3) is 6.27. The van der Waals surface area contributed by atoms with E-state index in [2.05, 4.69) is 4.74 Å². The van der Waals surface area contributed by atoms with Gasteiger partial charge in [0.1, 0.15) is 12.4 Å². The van der Waals surface area contributed by atoms with Crippen molar-refractivity contribution in [1.82, 2.24) is 0 Å². The molecule has 0 aromatic carbocycles. The molecule has 0 bridgehead atoms. The molecule has 1 fully saturated rings. The summed E-state index contributed by atoms with van der Waals surface area (Å²) in [7, 11) is 1.40. The summed E-state index contributed by atoms with van der Waals surface area (Å²) in [6.45, 7) is 1.41. The second-order valence-corrected chi connectivity index (χ2v) is 5.72. The first-order valence-corrected chi connectivity index (χ1v) is 7.77. The maximum absolute atomic E-state index is 11.1. The Morgan fingerprint density at radius 1 is 1.14 bits per heavy atom. The molecule has 1 saturated carbocycles. The molecule has 0 radical (unpaired) electrons. The minimum Gasteiger partial charge on any atom is -0.469 e. The zero-order chi connectivity index (χ0) is 15.7. The summed E-state index contributed by atoms with van der Waals surface area (Å²) < 4.78 is 9.91. The molecule has 0 unspecified atom stereocenters. The normalized spacial score (nSPS) is 24.6. The topological polar surface area (TPSA) is 69.7 Å². The zero-order valence-corrected chi connectivity index (χ0v) is 13.0. The number of carbonyl (C=O) groups excluding carboxylic acids is 3. The van der Waals surface area contributed by atoms with Gasteiger partial charge in [-0.1, -0.05) is 19.3 Å². The molecular weight excluding hydrogens is 272 g/mol. The van der Waals surface area contributed by atoms with Crippen LogP contribution in [-0.2, 0) is 23.9 Å². The second-order valence-electron chi connectivity index (χ2n) is 5.72. The third-order valence-electron chi connectivity index (χ3n) is 4.20. The predicted octanol–water partition coefficient (Wildman–Crippen LogP) is 2.66. The highest BCUT2D eigenvalue weighted by atomic mass is 16.5. The quantitative estimate of drug-likeness (QED) is 0.372. The number of hydrogen-bond donors (Lipinski definition) is 0. The molecule has 3 atom stereocenters. The van der Waals surface area contributed by atoms with Crippen LogP contribution in [0, 0.1) is 11.8 Å². The Morgan fingerprint density at radius 3 is 2.48 bits per heavy atom. The minimum absolute atomic E-state index is 0.0180. The van der Waals surface area contributed by atoms with Crippen LogP contribution < -0.4 is 0 Å². The number of unbranched alkanes of at least 4 members (excludes halogenated alkanes) is 3. The molecule has 5 nitrogen and oxygen atoms in total. The van der Waals surface area contributed by atoms with Gasteiger partial charge < -0.3 is 14.3 Å². The van der Waals surface area contributed by atoms with Crippen LogP contribution in [0.4, 0.5) is 0 Å². The molecule has 0 N–H and O–H groups in total. The summed E-state index contributed by atoms with van der Waals surface area (Å²) in [6, 6.07) is 0. The van der Waals surface area contributed by atoms with Crippen LogP contribution in [-0.4, -0.2) is 31.4 Å². The van der Waals surface area contributed by atoms with Gasteiger partial charge in [-0.3, -0.25) is 9.59 Å². The Hall–Kier alpha value is -1.39. The van der Waals surface area contributed by atoms with Crippen LogP contribution in [0.5, 0.6) is 0 Å². The van der Waals surface area contributed by atoms with Gasteiger partial charge in [0.15, 0.2) is 0 Å². The average Bonchev–Trinajstić information content (AvgIpc) is 2.83. The van der Waals surface area contributed by atoms with Crippen molar-refractivity contribution in [3.63, 3.8) is 0 Å². The number of hydrogen-bond acceptors (Lipinski definition) is 5. The van der Waals surface area contributed by atoms with E-state index in [0.717, 1.165) is 51.2 Å². The Balaban J connectivity index is 2.25. The van der Waals surface area contributed by atoms with E-state index in [1.807, 2.05) is 0 Å². The fraction of sp³-hybridized carbons (Fsp3) is 0.812. The molecule has 1 aliphatic rings. The Labute approximate surface area is 126 Å². The molecular formula is C16H26O5.